The SMILES string of the molecule is O=C(O)c1ccc(CNC(=O)c2cc(Cl)ccc2Cl)cc1. The zero-order valence-electron chi connectivity index (χ0n) is 10.8. The Morgan fingerprint density at radius 3 is 2.33 bits per heavy atom. The maximum atomic E-state index is 12.0. The summed E-state index contributed by atoms with van der Waals surface area (Å²) < 4.78 is 0. The molecule has 0 radical (unpaired) electrons. The molecule has 2 N–H and O–H groups in total. The molecule has 0 saturated heterocycles. The lowest BCUT2D eigenvalue weighted by atomic mass is 10.1. The third kappa shape index (κ3) is 3.97. The first-order chi connectivity index (χ1) is 9.97. The molecule has 2 aromatic carbocycles. The molecule has 0 aliphatic heterocycles. The molecular weight excluding hydrogens is 313 g/mol. The summed E-state index contributed by atoms with van der Waals surface area (Å²) in [6, 6.07) is 10.9. The lowest BCUT2D eigenvalue weighted by molar-refractivity contribution is 0.0696. The molecule has 6 heteroatoms. The Bertz CT molecular complexity index is 684. The lowest BCUT2D eigenvalue weighted by Gasteiger charge is -2.07. The van der Waals surface area contributed by atoms with E-state index in [1.165, 1.54) is 18.2 Å². The Morgan fingerprint density at radius 1 is 1.05 bits per heavy atom. The van der Waals surface area contributed by atoms with Crippen LogP contribution in [-0.2, 0) is 6.54 Å². The van der Waals surface area contributed by atoms with Crippen LogP contribution in [0.2, 0.25) is 10.0 Å². The Morgan fingerprint density at radius 2 is 1.71 bits per heavy atom. The van der Waals surface area contributed by atoms with Gasteiger partial charge in [-0.05, 0) is 35.9 Å². The average molecular weight is 324 g/mol. The number of hydrogen-bond acceptors (Lipinski definition) is 2. The molecule has 108 valence electrons. The van der Waals surface area contributed by atoms with Crippen molar-refractivity contribution in [1.29, 1.82) is 0 Å². The van der Waals surface area contributed by atoms with Crippen molar-refractivity contribution >= 4 is 35.1 Å². The van der Waals surface area contributed by atoms with Gasteiger partial charge in [0.1, 0.15) is 0 Å². The molecule has 0 fully saturated rings. The summed E-state index contributed by atoms with van der Waals surface area (Å²) in [5.41, 5.74) is 1.28. The van der Waals surface area contributed by atoms with Crippen molar-refractivity contribution in [3.05, 3.63) is 69.2 Å². The van der Waals surface area contributed by atoms with Crippen molar-refractivity contribution in [2.24, 2.45) is 0 Å². The summed E-state index contributed by atoms with van der Waals surface area (Å²) in [5.74, 6) is -1.33. The number of aromatic carboxylic acids is 1. The first-order valence-electron chi connectivity index (χ1n) is 6.03. The normalized spacial score (nSPS) is 10.2. The van der Waals surface area contributed by atoms with Crippen LogP contribution in [0.15, 0.2) is 42.5 Å². The van der Waals surface area contributed by atoms with Crippen molar-refractivity contribution in [2.75, 3.05) is 0 Å². The Hall–Kier alpha value is -2.04. The molecule has 1 amide bonds. The standard InChI is InChI=1S/C15H11Cl2NO3/c16-11-5-6-13(17)12(7-11)14(19)18-8-9-1-3-10(4-2-9)15(20)21/h1-7H,8H2,(H,18,19)(H,20,21). The molecule has 21 heavy (non-hydrogen) atoms. The third-order valence-corrected chi connectivity index (χ3v) is 3.39. The highest BCUT2D eigenvalue weighted by Crippen LogP contribution is 2.20. The number of carbonyl (C=O) groups excluding carboxylic acids is 1. The number of rotatable bonds is 4. The van der Waals surface area contributed by atoms with Crippen LogP contribution in [0.3, 0.4) is 0 Å². The van der Waals surface area contributed by atoms with Crippen LogP contribution in [0, 0.1) is 0 Å². The molecule has 0 aromatic heterocycles. The average Bonchev–Trinajstić information content (AvgIpc) is 2.47. The topological polar surface area (TPSA) is 66.4 Å². The summed E-state index contributed by atoms with van der Waals surface area (Å²) in [6.45, 7) is 0.265. The number of amides is 1. The molecule has 0 aliphatic rings. The number of carboxylic acids is 1. The minimum atomic E-state index is -0.990. The highest BCUT2D eigenvalue weighted by Gasteiger charge is 2.11. The molecule has 0 aliphatic carbocycles. The predicted molar refractivity (Wildman–Crippen MR) is 81.0 cm³/mol. The van der Waals surface area contributed by atoms with Crippen LogP contribution in [0.25, 0.3) is 0 Å². The minimum absolute atomic E-state index is 0.197. The molecule has 0 unspecified atom stereocenters. The summed E-state index contributed by atoms with van der Waals surface area (Å²) >= 11 is 11.8. The van der Waals surface area contributed by atoms with Crippen LogP contribution >= 0.6 is 23.2 Å². The van der Waals surface area contributed by atoms with Crippen molar-refractivity contribution in [1.82, 2.24) is 5.32 Å². The number of hydrogen-bond donors (Lipinski definition) is 2. The third-order valence-electron chi connectivity index (χ3n) is 2.83. The maximum absolute atomic E-state index is 12.0. The van der Waals surface area contributed by atoms with E-state index in [0.29, 0.717) is 15.6 Å². The molecule has 2 rings (SSSR count). The van der Waals surface area contributed by atoms with E-state index in [2.05, 4.69) is 5.32 Å². The van der Waals surface area contributed by atoms with E-state index in [9.17, 15) is 9.59 Å². The molecule has 0 spiro atoms. The van der Waals surface area contributed by atoms with Crippen LogP contribution < -0.4 is 5.32 Å². The van der Waals surface area contributed by atoms with E-state index in [1.54, 1.807) is 24.3 Å². The Kier molecular flexibility index (Phi) is 4.83. The molecule has 0 atom stereocenters. The molecular formula is C15H11Cl2NO3. The second kappa shape index (κ2) is 6.61. The lowest BCUT2D eigenvalue weighted by Crippen LogP contribution is -2.23. The van der Waals surface area contributed by atoms with Crippen molar-refractivity contribution in [3.63, 3.8) is 0 Å². The van der Waals surface area contributed by atoms with E-state index in [1.807, 2.05) is 0 Å². The van der Waals surface area contributed by atoms with Gasteiger partial charge in [-0.1, -0.05) is 35.3 Å². The quantitative estimate of drug-likeness (QED) is 0.903. The zero-order valence-corrected chi connectivity index (χ0v) is 12.3. The van der Waals surface area contributed by atoms with Crippen molar-refractivity contribution in [3.8, 4) is 0 Å². The van der Waals surface area contributed by atoms with Crippen molar-refractivity contribution in [2.45, 2.75) is 6.54 Å². The number of nitrogens with one attached hydrogen (secondary N) is 1. The molecule has 2 aromatic rings. The van der Waals surface area contributed by atoms with E-state index >= 15 is 0 Å². The fourth-order valence-electron chi connectivity index (χ4n) is 1.71. The van der Waals surface area contributed by atoms with Crippen LogP contribution in [0.1, 0.15) is 26.3 Å². The minimum Gasteiger partial charge on any atom is -0.478 e. The Labute approximate surface area is 131 Å². The van der Waals surface area contributed by atoms with E-state index in [4.69, 9.17) is 28.3 Å². The monoisotopic (exact) mass is 323 g/mol. The van der Waals surface area contributed by atoms with E-state index in [0.717, 1.165) is 5.56 Å². The van der Waals surface area contributed by atoms with E-state index < -0.39 is 5.97 Å². The Balaban J connectivity index is 2.04. The summed E-state index contributed by atoms with van der Waals surface area (Å²) in [4.78, 5) is 22.8. The summed E-state index contributed by atoms with van der Waals surface area (Å²) in [7, 11) is 0. The molecule has 0 bridgehead atoms. The number of carboxylic acid groups (broad SMARTS) is 1. The van der Waals surface area contributed by atoms with Crippen LogP contribution in [0.4, 0.5) is 0 Å². The zero-order chi connectivity index (χ0) is 15.4. The largest absolute Gasteiger partial charge is 0.478 e. The second-order valence-corrected chi connectivity index (χ2v) is 5.15. The first-order valence-corrected chi connectivity index (χ1v) is 6.78. The fourth-order valence-corrected chi connectivity index (χ4v) is 2.09. The van der Waals surface area contributed by atoms with Gasteiger partial charge in [-0.15, -0.1) is 0 Å². The van der Waals surface area contributed by atoms with Crippen molar-refractivity contribution < 1.29 is 14.7 Å². The van der Waals surface area contributed by atoms with Crippen LogP contribution in [0.5, 0.6) is 0 Å². The molecule has 0 saturated carbocycles. The second-order valence-electron chi connectivity index (χ2n) is 4.31. The van der Waals surface area contributed by atoms with Crippen LogP contribution in [-0.4, -0.2) is 17.0 Å². The van der Waals surface area contributed by atoms with Gasteiger partial charge in [-0.25, -0.2) is 4.79 Å². The number of halogens is 2. The van der Waals surface area contributed by atoms with Gasteiger partial charge in [0.25, 0.3) is 5.91 Å². The highest BCUT2D eigenvalue weighted by atomic mass is 35.5. The maximum Gasteiger partial charge on any atom is 0.335 e. The molecule has 4 nitrogen and oxygen atoms in total. The van der Waals surface area contributed by atoms with Gasteiger partial charge >= 0.3 is 5.97 Å². The fraction of sp³-hybridized carbons (Fsp3) is 0.0667. The highest BCUT2D eigenvalue weighted by molar-refractivity contribution is 6.35. The summed E-state index contributed by atoms with van der Waals surface area (Å²) in [5, 5.41) is 12.2. The van der Waals surface area contributed by atoms with Gasteiger partial charge in [0, 0.05) is 11.6 Å². The van der Waals surface area contributed by atoms with Gasteiger partial charge in [0.05, 0.1) is 16.1 Å². The summed E-state index contributed by atoms with van der Waals surface area (Å²) in [6.07, 6.45) is 0. The van der Waals surface area contributed by atoms with Gasteiger partial charge in [0.15, 0.2) is 0 Å². The number of benzene rings is 2. The van der Waals surface area contributed by atoms with Gasteiger partial charge in [-0.2, -0.15) is 0 Å². The van der Waals surface area contributed by atoms with Gasteiger partial charge < -0.3 is 10.4 Å². The smallest absolute Gasteiger partial charge is 0.335 e. The van der Waals surface area contributed by atoms with Gasteiger partial charge in [-0.3, -0.25) is 4.79 Å². The van der Waals surface area contributed by atoms with E-state index in [-0.39, 0.29) is 18.0 Å². The number of carbonyl (C=O) groups is 2. The first kappa shape index (κ1) is 15.4. The molecule has 0 heterocycles. The predicted octanol–water partition coefficient (Wildman–Crippen LogP) is 3.62. The van der Waals surface area contributed by atoms with Gasteiger partial charge in [0.2, 0.25) is 0 Å².